The molecular weight excluding hydrogens is 805 g/mol. The van der Waals surface area contributed by atoms with Crippen LogP contribution in [0.2, 0.25) is 0 Å². The van der Waals surface area contributed by atoms with Gasteiger partial charge in [-0.05, 0) is 171 Å². The second-order valence-corrected chi connectivity index (χ2v) is 17.6. The molecule has 1 aliphatic rings. The number of aliphatic hydroxyl groups is 2. The van der Waals surface area contributed by atoms with Crippen molar-refractivity contribution in [1.82, 2.24) is 0 Å². The molecule has 6 aromatic carbocycles. The van der Waals surface area contributed by atoms with E-state index in [4.69, 9.17) is 18.9 Å². The number of hydrogen-bond acceptors (Lipinski definition) is 9. The molecule has 0 unspecified atom stereocenters. The number of methoxy groups -OCH3 is 2. The number of aryl methyl sites for hydroxylation is 8. The highest BCUT2D eigenvalue weighted by Gasteiger charge is 2.28. The fourth-order valence-electron chi connectivity index (χ4n) is 9.35. The maximum Gasteiger partial charge on any atom is 0.180 e. The molecule has 8 nitrogen and oxygen atoms in total. The molecular formula is C54H56N2O6S. The van der Waals surface area contributed by atoms with E-state index in [0.717, 1.165) is 134 Å². The van der Waals surface area contributed by atoms with Gasteiger partial charge >= 0.3 is 0 Å². The van der Waals surface area contributed by atoms with Crippen LogP contribution in [-0.4, -0.2) is 37.6 Å². The van der Waals surface area contributed by atoms with E-state index in [2.05, 4.69) is 162 Å². The first-order valence-electron chi connectivity index (χ1n) is 21.3. The minimum Gasteiger partial charge on any atom is -0.497 e. The number of aliphatic hydroxyl groups excluding tert-OH is 2. The molecule has 0 aliphatic carbocycles. The number of rotatable bonds is 12. The topological polar surface area (TPSA) is 83.9 Å². The molecule has 7 aromatic rings. The Morgan fingerprint density at radius 1 is 0.460 bits per heavy atom. The van der Waals surface area contributed by atoms with Gasteiger partial charge in [0.25, 0.3) is 0 Å². The molecule has 1 aromatic heterocycles. The molecule has 0 spiro atoms. The van der Waals surface area contributed by atoms with E-state index in [-0.39, 0.29) is 13.2 Å². The molecule has 8 rings (SSSR count). The van der Waals surface area contributed by atoms with Crippen molar-refractivity contribution in [1.29, 1.82) is 0 Å². The van der Waals surface area contributed by atoms with Crippen molar-refractivity contribution < 1.29 is 29.2 Å². The summed E-state index contributed by atoms with van der Waals surface area (Å²) >= 11 is 1.68. The first-order chi connectivity index (χ1) is 30.3. The number of fused-ring (bicyclic) bond motifs is 1. The summed E-state index contributed by atoms with van der Waals surface area (Å²) in [5.41, 5.74) is 18.9. The van der Waals surface area contributed by atoms with Crippen LogP contribution < -0.4 is 28.7 Å². The van der Waals surface area contributed by atoms with Crippen LogP contribution in [0.1, 0.15) is 55.6 Å². The average Bonchev–Trinajstić information content (AvgIpc) is 3.66. The van der Waals surface area contributed by atoms with Crippen molar-refractivity contribution in [3.63, 3.8) is 0 Å². The minimum absolute atomic E-state index is 0.0203. The van der Waals surface area contributed by atoms with E-state index in [1.807, 2.05) is 0 Å². The fraction of sp³-hybridized carbons (Fsp3) is 0.259. The Morgan fingerprint density at radius 3 is 1.02 bits per heavy atom. The lowest BCUT2D eigenvalue weighted by molar-refractivity contribution is 0.175. The van der Waals surface area contributed by atoms with E-state index < -0.39 is 0 Å². The summed E-state index contributed by atoms with van der Waals surface area (Å²) in [5.74, 6) is 3.20. The van der Waals surface area contributed by atoms with Gasteiger partial charge in [-0.25, -0.2) is 0 Å². The third-order valence-corrected chi connectivity index (χ3v) is 13.2. The smallest absolute Gasteiger partial charge is 0.180 e. The number of thiophene rings is 1. The SMILES string of the molecule is COc1cc(C)c(N(c2ccc(-c3sc(-c4ccc(N(c5c(C)cc(CO)cc5C)c5c(C)cc(CO)cc5C)cc4)c4c3OCCO4)cc2)c2c(C)cc(OC)cc2C)c(C)c1. The largest absolute Gasteiger partial charge is 0.497 e. The number of ether oxygens (including phenoxy) is 4. The zero-order chi connectivity index (χ0) is 44.7. The molecule has 63 heavy (non-hydrogen) atoms. The molecule has 0 saturated carbocycles. The van der Waals surface area contributed by atoms with Crippen LogP contribution in [0.25, 0.3) is 20.9 Å². The Morgan fingerprint density at radius 2 is 0.746 bits per heavy atom. The van der Waals surface area contributed by atoms with Crippen molar-refractivity contribution in [2.24, 2.45) is 0 Å². The number of nitrogens with zero attached hydrogens (tertiary/aromatic N) is 2. The summed E-state index contributed by atoms with van der Waals surface area (Å²) in [5, 5.41) is 20.0. The number of anilines is 6. The van der Waals surface area contributed by atoms with Gasteiger partial charge in [-0.15, -0.1) is 11.3 Å². The average molecular weight is 861 g/mol. The molecule has 0 saturated heterocycles. The Balaban J connectivity index is 1.20. The van der Waals surface area contributed by atoms with Crippen LogP contribution >= 0.6 is 11.3 Å². The summed E-state index contributed by atoms with van der Waals surface area (Å²) in [7, 11) is 3.42. The van der Waals surface area contributed by atoms with Crippen LogP contribution in [0, 0.1) is 55.4 Å². The molecule has 0 atom stereocenters. The lowest BCUT2D eigenvalue weighted by Crippen LogP contribution is -2.16. The lowest BCUT2D eigenvalue weighted by atomic mass is 9.98. The third-order valence-electron chi connectivity index (χ3n) is 11.9. The predicted molar refractivity (Wildman–Crippen MR) is 258 cm³/mol. The second-order valence-electron chi connectivity index (χ2n) is 16.6. The summed E-state index contributed by atoms with van der Waals surface area (Å²) in [6.07, 6.45) is 0. The standard InChI is InChI=1S/C54H56N2O6S/c1-31-21-39(29-57)22-32(2)47(31)55(48-33(3)23-40(30-58)24-34(48)4)43-15-11-41(12-16-43)53-51-52(62-20-19-61-51)54(63-53)42-13-17-44(18-14-42)56(49-35(5)25-45(59-9)26-36(49)6)50-37(7)27-46(60-10)28-38(50)8/h11-18,21-28,57-58H,19-20,29-30H2,1-10H3. The van der Waals surface area contributed by atoms with Crippen molar-refractivity contribution in [2.75, 3.05) is 37.2 Å². The van der Waals surface area contributed by atoms with E-state index in [9.17, 15) is 10.2 Å². The van der Waals surface area contributed by atoms with E-state index in [1.165, 1.54) is 0 Å². The molecule has 9 heteroatoms. The van der Waals surface area contributed by atoms with Gasteiger partial charge in [0.2, 0.25) is 0 Å². The van der Waals surface area contributed by atoms with Gasteiger partial charge in [0, 0.05) is 11.4 Å². The molecule has 0 radical (unpaired) electrons. The van der Waals surface area contributed by atoms with Crippen molar-refractivity contribution in [2.45, 2.75) is 68.6 Å². The maximum atomic E-state index is 10.0. The monoisotopic (exact) mass is 860 g/mol. The van der Waals surface area contributed by atoms with Crippen LogP contribution in [-0.2, 0) is 13.2 Å². The summed E-state index contributed by atoms with van der Waals surface area (Å²) < 4.78 is 24.1. The molecule has 324 valence electrons. The van der Waals surface area contributed by atoms with E-state index >= 15 is 0 Å². The van der Waals surface area contributed by atoms with E-state index in [0.29, 0.717) is 13.2 Å². The molecule has 0 bridgehead atoms. The van der Waals surface area contributed by atoms with Crippen molar-refractivity contribution in [3.8, 4) is 43.9 Å². The van der Waals surface area contributed by atoms with Gasteiger partial charge in [-0.2, -0.15) is 0 Å². The number of hydrogen-bond donors (Lipinski definition) is 2. The Bertz CT molecular complexity index is 2420. The van der Waals surface area contributed by atoms with Crippen LogP contribution in [0.5, 0.6) is 23.0 Å². The molecule has 0 amide bonds. The first kappa shape index (κ1) is 43.4. The van der Waals surface area contributed by atoms with Crippen molar-refractivity contribution in [3.05, 3.63) is 153 Å². The second kappa shape index (κ2) is 17.8. The van der Waals surface area contributed by atoms with Gasteiger partial charge in [-0.3, -0.25) is 0 Å². The Hall–Kier alpha value is -6.26. The molecule has 1 aliphatic heterocycles. The quantitative estimate of drug-likeness (QED) is 0.126. The Labute approximate surface area is 375 Å². The first-order valence-corrected chi connectivity index (χ1v) is 22.1. The summed E-state index contributed by atoms with van der Waals surface area (Å²) in [4.78, 5) is 6.69. The van der Waals surface area contributed by atoms with Crippen molar-refractivity contribution >= 4 is 45.5 Å². The van der Waals surface area contributed by atoms with Gasteiger partial charge in [-0.1, -0.05) is 48.5 Å². The van der Waals surface area contributed by atoms with Gasteiger partial charge < -0.3 is 39.0 Å². The zero-order valence-corrected chi connectivity index (χ0v) is 38.7. The van der Waals surface area contributed by atoms with Crippen LogP contribution in [0.3, 0.4) is 0 Å². The summed E-state index contributed by atoms with van der Waals surface area (Å²) in [6, 6.07) is 34.0. The normalized spacial score (nSPS) is 12.1. The minimum atomic E-state index is -0.0203. The summed E-state index contributed by atoms with van der Waals surface area (Å²) in [6.45, 7) is 17.8. The third kappa shape index (κ3) is 8.13. The molecule has 2 N–H and O–H groups in total. The highest BCUT2D eigenvalue weighted by Crippen LogP contribution is 2.55. The lowest BCUT2D eigenvalue weighted by Gasteiger charge is -2.32. The van der Waals surface area contributed by atoms with Gasteiger partial charge in [0.15, 0.2) is 11.5 Å². The van der Waals surface area contributed by atoms with Crippen LogP contribution in [0.4, 0.5) is 34.1 Å². The van der Waals surface area contributed by atoms with Gasteiger partial charge in [0.1, 0.15) is 24.7 Å². The van der Waals surface area contributed by atoms with Gasteiger partial charge in [0.05, 0.1) is 59.9 Å². The highest BCUT2D eigenvalue weighted by molar-refractivity contribution is 7.19. The maximum absolute atomic E-state index is 10.0. The fourth-order valence-corrected chi connectivity index (χ4v) is 10.5. The highest BCUT2D eigenvalue weighted by atomic mass is 32.1. The van der Waals surface area contributed by atoms with E-state index in [1.54, 1.807) is 25.6 Å². The predicted octanol–water partition coefficient (Wildman–Crippen LogP) is 13.3. The zero-order valence-electron chi connectivity index (χ0n) is 37.9. The molecule has 2 heterocycles. The van der Waals surface area contributed by atoms with Crippen LogP contribution in [0.15, 0.2) is 97.1 Å². The number of benzene rings is 6. The molecule has 0 fully saturated rings. The Kier molecular flexibility index (Phi) is 12.3.